The van der Waals surface area contributed by atoms with Crippen molar-refractivity contribution in [1.82, 2.24) is 9.97 Å². The number of nitrogen functional groups attached to an aromatic ring is 1. The van der Waals surface area contributed by atoms with Gasteiger partial charge < -0.3 is 5.73 Å². The van der Waals surface area contributed by atoms with Crippen molar-refractivity contribution in [3.63, 3.8) is 0 Å². The van der Waals surface area contributed by atoms with Crippen LogP contribution >= 0.6 is 11.6 Å². The summed E-state index contributed by atoms with van der Waals surface area (Å²) in [6, 6.07) is 5.83. The zero-order valence-corrected chi connectivity index (χ0v) is 8.62. The summed E-state index contributed by atoms with van der Waals surface area (Å²) in [5.41, 5.74) is 9.77. The van der Waals surface area contributed by atoms with E-state index in [0.717, 1.165) is 33.8 Å². The highest BCUT2D eigenvalue weighted by Gasteiger charge is 2.22. The van der Waals surface area contributed by atoms with Crippen molar-refractivity contribution in [2.24, 2.45) is 0 Å². The van der Waals surface area contributed by atoms with Crippen LogP contribution in [0.5, 0.6) is 0 Å². The second-order valence-electron chi connectivity index (χ2n) is 3.54. The second kappa shape index (κ2) is 2.94. The molecule has 0 saturated heterocycles. The van der Waals surface area contributed by atoms with Gasteiger partial charge in [0.05, 0.1) is 5.69 Å². The van der Waals surface area contributed by atoms with Crippen molar-refractivity contribution < 1.29 is 0 Å². The maximum Gasteiger partial charge on any atom is 0.220 e. The number of nitrogens with two attached hydrogens (primary N) is 1. The van der Waals surface area contributed by atoms with Crippen LogP contribution in [0.15, 0.2) is 24.4 Å². The summed E-state index contributed by atoms with van der Waals surface area (Å²) < 4.78 is 0. The average molecular weight is 218 g/mol. The Kier molecular flexibility index (Phi) is 1.70. The summed E-state index contributed by atoms with van der Waals surface area (Å²) >= 11 is 6.12. The van der Waals surface area contributed by atoms with Gasteiger partial charge in [0.25, 0.3) is 0 Å². The lowest BCUT2D eigenvalue weighted by molar-refractivity contribution is 1.14. The normalized spacial score (nSPS) is 12.3. The summed E-state index contributed by atoms with van der Waals surface area (Å²) in [6.45, 7) is 0. The Morgan fingerprint density at radius 1 is 1.33 bits per heavy atom. The molecule has 1 aliphatic carbocycles. The van der Waals surface area contributed by atoms with Gasteiger partial charge in [0.1, 0.15) is 0 Å². The Balaban J connectivity index is 2.31. The van der Waals surface area contributed by atoms with E-state index in [1.807, 2.05) is 18.2 Å². The van der Waals surface area contributed by atoms with E-state index in [9.17, 15) is 0 Å². The summed E-state index contributed by atoms with van der Waals surface area (Å²) in [4.78, 5) is 8.23. The minimum Gasteiger partial charge on any atom is -0.368 e. The summed E-state index contributed by atoms with van der Waals surface area (Å²) in [6.07, 6.45) is 2.57. The van der Waals surface area contributed by atoms with Gasteiger partial charge in [0, 0.05) is 28.8 Å². The van der Waals surface area contributed by atoms with Crippen molar-refractivity contribution >= 4 is 17.5 Å². The first kappa shape index (κ1) is 8.68. The predicted octanol–water partition coefficient (Wildman–Crippen LogP) is 2.28. The molecule has 4 heteroatoms. The summed E-state index contributed by atoms with van der Waals surface area (Å²) in [7, 11) is 0. The van der Waals surface area contributed by atoms with Crippen LogP contribution in [0.1, 0.15) is 11.1 Å². The third-order valence-electron chi connectivity index (χ3n) is 2.62. The fraction of sp³-hybridized carbons (Fsp3) is 0.0909. The molecule has 1 aliphatic rings. The molecular formula is C11H8ClN3. The van der Waals surface area contributed by atoms with Crippen LogP contribution < -0.4 is 5.73 Å². The Hall–Kier alpha value is -1.61. The van der Waals surface area contributed by atoms with E-state index in [1.165, 1.54) is 0 Å². The van der Waals surface area contributed by atoms with Gasteiger partial charge in [-0.05, 0) is 11.6 Å². The second-order valence-corrected chi connectivity index (χ2v) is 3.95. The van der Waals surface area contributed by atoms with Crippen molar-refractivity contribution in [3.05, 3.63) is 40.5 Å². The van der Waals surface area contributed by atoms with E-state index in [4.69, 9.17) is 17.3 Å². The van der Waals surface area contributed by atoms with Gasteiger partial charge in [-0.1, -0.05) is 23.7 Å². The van der Waals surface area contributed by atoms with E-state index in [1.54, 1.807) is 6.20 Å². The molecule has 2 N–H and O–H groups in total. The standard InChI is InChI=1S/C11H8ClN3/c12-9-3-1-2-7-8(9)4-6-5-14-11(13)15-10(6)7/h1-3,5H,4H2,(H2,13,14,15). The van der Waals surface area contributed by atoms with Gasteiger partial charge in [-0.15, -0.1) is 0 Å². The molecule has 74 valence electrons. The first-order valence-electron chi connectivity index (χ1n) is 4.65. The molecule has 1 heterocycles. The minimum atomic E-state index is 0.307. The molecule has 15 heavy (non-hydrogen) atoms. The average Bonchev–Trinajstić information content (AvgIpc) is 2.58. The molecule has 0 spiro atoms. The van der Waals surface area contributed by atoms with Gasteiger partial charge in [0.2, 0.25) is 5.95 Å². The largest absolute Gasteiger partial charge is 0.368 e. The van der Waals surface area contributed by atoms with Crippen LogP contribution in [0.25, 0.3) is 11.3 Å². The zero-order valence-electron chi connectivity index (χ0n) is 7.87. The fourth-order valence-corrected chi connectivity index (χ4v) is 2.17. The van der Waals surface area contributed by atoms with Gasteiger partial charge in [-0.25, -0.2) is 9.97 Å². The molecule has 1 aromatic heterocycles. The fourth-order valence-electron chi connectivity index (χ4n) is 1.93. The van der Waals surface area contributed by atoms with Crippen molar-refractivity contribution in [2.45, 2.75) is 6.42 Å². The first-order chi connectivity index (χ1) is 7.25. The topological polar surface area (TPSA) is 51.8 Å². The summed E-state index contributed by atoms with van der Waals surface area (Å²) in [5.74, 6) is 0.307. The van der Waals surface area contributed by atoms with Gasteiger partial charge in [0.15, 0.2) is 0 Å². The molecule has 0 radical (unpaired) electrons. The van der Waals surface area contributed by atoms with Crippen LogP contribution in [0, 0.1) is 0 Å². The molecule has 3 nitrogen and oxygen atoms in total. The quantitative estimate of drug-likeness (QED) is 0.629. The molecule has 0 fully saturated rings. The lowest BCUT2D eigenvalue weighted by Crippen LogP contribution is -1.96. The van der Waals surface area contributed by atoms with Gasteiger partial charge >= 0.3 is 0 Å². The van der Waals surface area contributed by atoms with E-state index in [-0.39, 0.29) is 0 Å². The third kappa shape index (κ3) is 1.20. The minimum absolute atomic E-state index is 0.307. The maximum absolute atomic E-state index is 6.12. The molecule has 0 saturated carbocycles. The van der Waals surface area contributed by atoms with Crippen LogP contribution in [0.3, 0.4) is 0 Å². The molecule has 2 aromatic rings. The number of hydrogen-bond acceptors (Lipinski definition) is 3. The van der Waals surface area contributed by atoms with E-state index in [2.05, 4.69) is 9.97 Å². The van der Waals surface area contributed by atoms with E-state index >= 15 is 0 Å². The zero-order chi connectivity index (χ0) is 10.4. The number of fused-ring (bicyclic) bond motifs is 3. The Bertz CT molecular complexity index is 552. The number of aromatic nitrogens is 2. The molecule has 3 rings (SSSR count). The monoisotopic (exact) mass is 217 g/mol. The Labute approximate surface area is 91.9 Å². The highest BCUT2D eigenvalue weighted by atomic mass is 35.5. The lowest BCUT2D eigenvalue weighted by Gasteiger charge is -2.00. The number of halogens is 1. The van der Waals surface area contributed by atoms with Crippen LogP contribution in [-0.4, -0.2) is 9.97 Å². The van der Waals surface area contributed by atoms with E-state index < -0.39 is 0 Å². The van der Waals surface area contributed by atoms with E-state index in [0.29, 0.717) is 5.95 Å². The number of hydrogen-bond donors (Lipinski definition) is 1. The third-order valence-corrected chi connectivity index (χ3v) is 2.98. The van der Waals surface area contributed by atoms with Crippen LogP contribution in [0.2, 0.25) is 5.02 Å². The summed E-state index contributed by atoms with van der Waals surface area (Å²) in [5, 5.41) is 0.782. The van der Waals surface area contributed by atoms with Crippen LogP contribution in [-0.2, 0) is 6.42 Å². The molecular weight excluding hydrogens is 210 g/mol. The van der Waals surface area contributed by atoms with Gasteiger partial charge in [-0.2, -0.15) is 0 Å². The van der Waals surface area contributed by atoms with Gasteiger partial charge in [-0.3, -0.25) is 0 Å². The number of rotatable bonds is 0. The van der Waals surface area contributed by atoms with Crippen molar-refractivity contribution in [2.75, 3.05) is 5.73 Å². The Morgan fingerprint density at radius 3 is 3.07 bits per heavy atom. The molecule has 0 amide bonds. The highest BCUT2D eigenvalue weighted by Crippen LogP contribution is 2.38. The predicted molar refractivity (Wildman–Crippen MR) is 59.7 cm³/mol. The first-order valence-corrected chi connectivity index (χ1v) is 5.02. The van der Waals surface area contributed by atoms with Crippen molar-refractivity contribution in [1.29, 1.82) is 0 Å². The molecule has 0 atom stereocenters. The molecule has 0 bridgehead atoms. The van der Waals surface area contributed by atoms with Crippen molar-refractivity contribution in [3.8, 4) is 11.3 Å². The lowest BCUT2D eigenvalue weighted by atomic mass is 10.1. The molecule has 0 aliphatic heterocycles. The number of benzene rings is 1. The SMILES string of the molecule is Nc1ncc2c(n1)-c1cccc(Cl)c1C2. The highest BCUT2D eigenvalue weighted by molar-refractivity contribution is 6.32. The number of anilines is 1. The maximum atomic E-state index is 6.12. The number of nitrogens with zero attached hydrogens (tertiary/aromatic N) is 2. The molecule has 1 aromatic carbocycles. The smallest absolute Gasteiger partial charge is 0.220 e. The van der Waals surface area contributed by atoms with Crippen LogP contribution in [0.4, 0.5) is 5.95 Å². The Morgan fingerprint density at radius 2 is 2.20 bits per heavy atom. The molecule has 0 unspecified atom stereocenters.